The molecular weight excluding hydrogens is 128 g/mol. The van der Waals surface area contributed by atoms with E-state index in [2.05, 4.69) is 0 Å². The Balaban J connectivity index is 1.85. The summed E-state index contributed by atoms with van der Waals surface area (Å²) in [4.78, 5) is 0. The summed E-state index contributed by atoms with van der Waals surface area (Å²) in [5, 5.41) is 0. The minimum Gasteiger partial charge on any atom is -0.379 e. The van der Waals surface area contributed by atoms with E-state index in [9.17, 15) is 0 Å². The van der Waals surface area contributed by atoms with Crippen molar-refractivity contribution in [3.8, 4) is 0 Å². The highest BCUT2D eigenvalue weighted by Crippen LogP contribution is 2.59. The summed E-state index contributed by atoms with van der Waals surface area (Å²) in [6.07, 6.45) is 4.03. The summed E-state index contributed by atoms with van der Waals surface area (Å²) in [6.45, 7) is 0. The van der Waals surface area contributed by atoms with Gasteiger partial charge in [-0.05, 0) is 18.3 Å². The van der Waals surface area contributed by atoms with E-state index in [-0.39, 0.29) is 0 Å². The number of hydrogen-bond donors (Lipinski definition) is 0. The largest absolute Gasteiger partial charge is 0.379 e. The number of rotatable bonds is 1. The molecule has 56 valence electrons. The van der Waals surface area contributed by atoms with Crippen LogP contribution in [0.15, 0.2) is 0 Å². The van der Waals surface area contributed by atoms with Crippen LogP contribution in [0.2, 0.25) is 0 Å². The minimum atomic E-state index is 0.425. The Kier molecular flexibility index (Phi) is 0.868. The molecule has 2 heterocycles. The highest BCUT2D eigenvalue weighted by atomic mass is 16.6. The van der Waals surface area contributed by atoms with Crippen molar-refractivity contribution in [1.82, 2.24) is 0 Å². The molecule has 2 aliphatic heterocycles. The molecule has 5 atom stereocenters. The van der Waals surface area contributed by atoms with E-state index in [4.69, 9.17) is 9.47 Å². The lowest BCUT2D eigenvalue weighted by molar-refractivity contribution is 0.00913. The second-order valence-electron chi connectivity index (χ2n) is 3.71. The van der Waals surface area contributed by atoms with E-state index in [1.54, 1.807) is 7.11 Å². The maximum atomic E-state index is 5.71. The molecule has 2 heteroatoms. The Hall–Kier alpha value is -0.0800. The van der Waals surface area contributed by atoms with Gasteiger partial charge in [0.2, 0.25) is 0 Å². The summed E-state index contributed by atoms with van der Waals surface area (Å²) < 4.78 is 11.0. The molecule has 4 unspecified atom stereocenters. The monoisotopic (exact) mass is 140 g/mol. The van der Waals surface area contributed by atoms with Gasteiger partial charge in [0.1, 0.15) is 0 Å². The molecule has 0 amide bonds. The topological polar surface area (TPSA) is 18.5 Å². The highest BCUT2D eigenvalue weighted by Gasteiger charge is 2.62. The number of methoxy groups -OCH3 is 1. The lowest BCUT2D eigenvalue weighted by Crippen LogP contribution is -2.26. The van der Waals surface area contributed by atoms with Crippen molar-refractivity contribution in [2.24, 2.45) is 11.8 Å². The second-order valence-corrected chi connectivity index (χ2v) is 3.71. The van der Waals surface area contributed by atoms with Crippen LogP contribution in [0.4, 0.5) is 0 Å². The van der Waals surface area contributed by atoms with Crippen molar-refractivity contribution in [3.05, 3.63) is 0 Å². The molecule has 0 spiro atoms. The fraction of sp³-hybridized carbons (Fsp3) is 1.00. The molecule has 3 rings (SSSR count). The number of hydrogen-bond acceptors (Lipinski definition) is 2. The predicted molar refractivity (Wildman–Crippen MR) is 35.7 cm³/mol. The number of ether oxygens (including phenoxy) is 2. The maximum absolute atomic E-state index is 5.71. The first kappa shape index (κ1) is 5.56. The molecule has 0 aromatic rings. The van der Waals surface area contributed by atoms with Gasteiger partial charge in [-0.25, -0.2) is 0 Å². The van der Waals surface area contributed by atoms with Crippen LogP contribution in [-0.2, 0) is 9.47 Å². The quantitative estimate of drug-likeness (QED) is 0.536. The Morgan fingerprint density at radius 1 is 1.30 bits per heavy atom. The van der Waals surface area contributed by atoms with Gasteiger partial charge in [-0.1, -0.05) is 0 Å². The van der Waals surface area contributed by atoms with Gasteiger partial charge in [0.25, 0.3) is 0 Å². The first-order valence-corrected chi connectivity index (χ1v) is 4.08. The van der Waals surface area contributed by atoms with Gasteiger partial charge in [0.05, 0.1) is 18.3 Å². The summed E-state index contributed by atoms with van der Waals surface area (Å²) in [7, 11) is 1.80. The van der Waals surface area contributed by atoms with Crippen LogP contribution < -0.4 is 0 Å². The zero-order chi connectivity index (χ0) is 6.72. The van der Waals surface area contributed by atoms with E-state index in [0.717, 1.165) is 18.3 Å². The third-order valence-electron chi connectivity index (χ3n) is 3.26. The van der Waals surface area contributed by atoms with Crippen LogP contribution in [-0.4, -0.2) is 25.4 Å². The first-order valence-electron chi connectivity index (χ1n) is 4.08. The lowest BCUT2D eigenvalue weighted by Gasteiger charge is -2.15. The SMILES string of the molecule is CO[C@H]1CC2OC1C1CC21. The fourth-order valence-corrected chi connectivity index (χ4v) is 2.63. The van der Waals surface area contributed by atoms with Crippen LogP contribution in [0.1, 0.15) is 12.8 Å². The zero-order valence-corrected chi connectivity index (χ0v) is 6.12. The van der Waals surface area contributed by atoms with Crippen molar-refractivity contribution in [2.45, 2.75) is 31.2 Å². The normalized spacial score (nSPS) is 62.7. The molecule has 0 N–H and O–H groups in total. The predicted octanol–water partition coefficient (Wildman–Crippen LogP) is 0.809. The van der Waals surface area contributed by atoms with Gasteiger partial charge in [0.15, 0.2) is 0 Å². The summed E-state index contributed by atoms with van der Waals surface area (Å²) >= 11 is 0. The molecule has 2 bridgehead atoms. The van der Waals surface area contributed by atoms with Crippen LogP contribution in [0.5, 0.6) is 0 Å². The van der Waals surface area contributed by atoms with E-state index in [1.165, 1.54) is 6.42 Å². The van der Waals surface area contributed by atoms with Gasteiger partial charge >= 0.3 is 0 Å². The molecule has 10 heavy (non-hydrogen) atoms. The van der Waals surface area contributed by atoms with Crippen LogP contribution >= 0.6 is 0 Å². The van der Waals surface area contributed by atoms with Crippen molar-refractivity contribution in [2.75, 3.05) is 7.11 Å². The van der Waals surface area contributed by atoms with E-state index >= 15 is 0 Å². The smallest absolute Gasteiger partial charge is 0.0873 e. The third kappa shape index (κ3) is 0.487. The van der Waals surface area contributed by atoms with Gasteiger partial charge < -0.3 is 9.47 Å². The van der Waals surface area contributed by atoms with Crippen LogP contribution in [0.25, 0.3) is 0 Å². The van der Waals surface area contributed by atoms with Crippen molar-refractivity contribution in [3.63, 3.8) is 0 Å². The van der Waals surface area contributed by atoms with Gasteiger partial charge in [-0.2, -0.15) is 0 Å². The molecule has 0 aromatic heterocycles. The van der Waals surface area contributed by atoms with Crippen molar-refractivity contribution >= 4 is 0 Å². The Morgan fingerprint density at radius 3 is 2.80 bits per heavy atom. The Morgan fingerprint density at radius 2 is 2.20 bits per heavy atom. The average Bonchev–Trinajstić information content (AvgIpc) is 2.58. The molecule has 0 radical (unpaired) electrons. The Labute approximate surface area is 60.5 Å². The molecule has 0 aromatic carbocycles. The molecular formula is C8H12O2. The van der Waals surface area contributed by atoms with Gasteiger partial charge in [-0.3, -0.25) is 0 Å². The molecule has 1 saturated carbocycles. The van der Waals surface area contributed by atoms with Crippen LogP contribution in [0.3, 0.4) is 0 Å². The Bertz CT molecular complexity index is 169. The summed E-state index contributed by atoms with van der Waals surface area (Å²) in [5.41, 5.74) is 0. The standard InChI is InChI=1S/C8H12O2/c1-9-7-3-6-4-2-5(4)8(7)10-6/h4-8H,2-3H2,1H3/t4?,5?,6?,7-,8?/m0/s1. The fourth-order valence-electron chi connectivity index (χ4n) is 2.63. The summed E-state index contributed by atoms with van der Waals surface area (Å²) in [6, 6.07) is 0. The highest BCUT2D eigenvalue weighted by molar-refractivity contribution is 5.10. The average molecular weight is 140 g/mol. The number of fused-ring (bicyclic) bond motifs is 5. The van der Waals surface area contributed by atoms with E-state index < -0.39 is 0 Å². The van der Waals surface area contributed by atoms with Crippen molar-refractivity contribution < 1.29 is 9.47 Å². The minimum absolute atomic E-state index is 0.425. The third-order valence-corrected chi connectivity index (χ3v) is 3.26. The maximum Gasteiger partial charge on any atom is 0.0873 e. The molecule has 3 fully saturated rings. The van der Waals surface area contributed by atoms with Gasteiger partial charge in [-0.15, -0.1) is 0 Å². The zero-order valence-electron chi connectivity index (χ0n) is 6.12. The lowest BCUT2D eigenvalue weighted by atomic mass is 9.98. The molecule has 1 aliphatic carbocycles. The second kappa shape index (κ2) is 1.56. The first-order chi connectivity index (χ1) is 4.90. The van der Waals surface area contributed by atoms with E-state index in [0.29, 0.717) is 18.3 Å². The molecule has 3 aliphatic rings. The van der Waals surface area contributed by atoms with Gasteiger partial charge in [0, 0.05) is 13.5 Å². The molecule has 2 nitrogen and oxygen atoms in total. The summed E-state index contributed by atoms with van der Waals surface area (Å²) in [5.74, 6) is 1.81. The molecule has 2 saturated heterocycles. The van der Waals surface area contributed by atoms with Crippen molar-refractivity contribution in [1.29, 1.82) is 0 Å². The van der Waals surface area contributed by atoms with E-state index in [1.807, 2.05) is 0 Å². The van der Waals surface area contributed by atoms with Crippen LogP contribution in [0, 0.1) is 11.8 Å².